The number of primary amides is 1. The molecule has 0 aliphatic carbocycles. The van der Waals surface area contributed by atoms with E-state index in [1.807, 2.05) is 0 Å². The molecule has 176 valence electrons. The van der Waals surface area contributed by atoms with Crippen LogP contribution in [-0.2, 0) is 24.0 Å². The van der Waals surface area contributed by atoms with E-state index in [-0.39, 0.29) is 37.5 Å². The molecule has 4 amide bonds. The van der Waals surface area contributed by atoms with Crippen molar-refractivity contribution in [1.82, 2.24) is 16.0 Å². The number of carboxylic acid groups (broad SMARTS) is 1. The van der Waals surface area contributed by atoms with Crippen LogP contribution in [0.15, 0.2) is 4.99 Å². The smallest absolute Gasteiger partial charge is 0.322 e. The number of amides is 4. The Bertz CT molecular complexity index is 685. The van der Waals surface area contributed by atoms with Crippen molar-refractivity contribution in [2.24, 2.45) is 27.9 Å². The van der Waals surface area contributed by atoms with E-state index in [2.05, 4.69) is 33.6 Å². The second-order valence-electron chi connectivity index (χ2n) is 6.48. The molecule has 0 aliphatic heterocycles. The Labute approximate surface area is 184 Å². The summed E-state index contributed by atoms with van der Waals surface area (Å²) in [5.74, 6) is -4.32. The lowest BCUT2D eigenvalue weighted by Gasteiger charge is -2.23. The number of thiol groups is 1. The van der Waals surface area contributed by atoms with Gasteiger partial charge in [-0.1, -0.05) is 0 Å². The number of nitrogens with zero attached hydrogens (tertiary/aromatic N) is 1. The number of hydrogen-bond acceptors (Lipinski definition) is 8. The van der Waals surface area contributed by atoms with Crippen LogP contribution in [0.4, 0.5) is 0 Å². The molecule has 0 bridgehead atoms. The largest absolute Gasteiger partial charge is 0.480 e. The lowest BCUT2D eigenvalue weighted by molar-refractivity contribution is -0.138. The Morgan fingerprint density at radius 2 is 1.52 bits per heavy atom. The fourth-order valence-corrected chi connectivity index (χ4v) is 2.41. The number of carbonyl (C=O) groups is 5. The number of guanidine groups is 1. The average molecular weight is 463 g/mol. The first kappa shape index (κ1) is 27.9. The Morgan fingerprint density at radius 1 is 0.935 bits per heavy atom. The van der Waals surface area contributed by atoms with E-state index < -0.39 is 54.3 Å². The standard InChI is InChI=1S/C16H30N8O6S/c17-8(7-31)13(28)23-9(2-1-5-21-16(19)20)15(30)24-10(3-4-11(18)25)14(29)22-6-12(26)27/h8-10,31H,1-7,17H2,(H2,18,25)(H,22,29)(H,23,28)(H,24,30)(H,26,27)(H4,19,20,21). The Kier molecular flexibility index (Phi) is 13.4. The van der Waals surface area contributed by atoms with Gasteiger partial charge in [0.05, 0.1) is 6.04 Å². The van der Waals surface area contributed by atoms with E-state index in [1.54, 1.807) is 0 Å². The minimum atomic E-state index is -1.29. The third-order valence-electron chi connectivity index (χ3n) is 3.84. The van der Waals surface area contributed by atoms with E-state index in [1.165, 1.54) is 0 Å². The van der Waals surface area contributed by atoms with Gasteiger partial charge in [-0.25, -0.2) is 0 Å². The Morgan fingerprint density at radius 3 is 2.03 bits per heavy atom. The summed E-state index contributed by atoms with van der Waals surface area (Å²) in [6, 6.07) is -3.33. The van der Waals surface area contributed by atoms with Gasteiger partial charge in [0.25, 0.3) is 0 Å². The molecule has 0 rings (SSSR count). The third kappa shape index (κ3) is 13.0. The van der Waals surface area contributed by atoms with Crippen LogP contribution in [0.5, 0.6) is 0 Å². The third-order valence-corrected chi connectivity index (χ3v) is 4.23. The van der Waals surface area contributed by atoms with Crippen molar-refractivity contribution in [3.8, 4) is 0 Å². The molecule has 14 nitrogen and oxygen atoms in total. The van der Waals surface area contributed by atoms with E-state index in [4.69, 9.17) is 28.0 Å². The van der Waals surface area contributed by atoms with Crippen molar-refractivity contribution < 1.29 is 29.1 Å². The molecule has 0 saturated heterocycles. The van der Waals surface area contributed by atoms with E-state index in [0.29, 0.717) is 6.42 Å². The lowest BCUT2D eigenvalue weighted by Crippen LogP contribution is -2.56. The van der Waals surface area contributed by atoms with Gasteiger partial charge >= 0.3 is 5.97 Å². The number of aliphatic carboxylic acids is 1. The summed E-state index contributed by atoms with van der Waals surface area (Å²) >= 11 is 3.93. The molecular weight excluding hydrogens is 432 g/mol. The summed E-state index contributed by atoms with van der Waals surface area (Å²) in [6.07, 6.45) is 0.00526. The molecule has 15 heteroatoms. The summed E-state index contributed by atoms with van der Waals surface area (Å²) in [5, 5.41) is 15.7. The van der Waals surface area contributed by atoms with Crippen LogP contribution in [0.25, 0.3) is 0 Å². The quantitative estimate of drug-likeness (QED) is 0.0493. The monoisotopic (exact) mass is 462 g/mol. The zero-order chi connectivity index (χ0) is 24.0. The molecule has 0 saturated carbocycles. The predicted octanol–water partition coefficient (Wildman–Crippen LogP) is -4.27. The van der Waals surface area contributed by atoms with Crippen LogP contribution in [0.2, 0.25) is 0 Å². The van der Waals surface area contributed by atoms with Crippen LogP contribution >= 0.6 is 12.6 Å². The predicted molar refractivity (Wildman–Crippen MR) is 115 cm³/mol. The maximum absolute atomic E-state index is 12.7. The zero-order valence-electron chi connectivity index (χ0n) is 16.9. The average Bonchev–Trinajstić information content (AvgIpc) is 2.69. The van der Waals surface area contributed by atoms with Crippen LogP contribution in [0, 0.1) is 0 Å². The minimum absolute atomic E-state index is 0.0347. The Hall–Kier alpha value is -3.07. The van der Waals surface area contributed by atoms with Gasteiger partial charge in [-0.05, 0) is 19.3 Å². The fraction of sp³-hybridized carbons (Fsp3) is 0.625. The lowest BCUT2D eigenvalue weighted by atomic mass is 10.1. The number of nitrogens with two attached hydrogens (primary N) is 4. The second-order valence-corrected chi connectivity index (χ2v) is 6.84. The maximum atomic E-state index is 12.7. The maximum Gasteiger partial charge on any atom is 0.322 e. The summed E-state index contributed by atoms with van der Waals surface area (Å²) < 4.78 is 0. The van der Waals surface area contributed by atoms with E-state index in [0.717, 1.165) is 0 Å². The molecule has 0 aliphatic rings. The molecule has 12 N–H and O–H groups in total. The van der Waals surface area contributed by atoms with Gasteiger partial charge in [-0.15, -0.1) is 0 Å². The second kappa shape index (κ2) is 14.8. The molecule has 3 atom stereocenters. The van der Waals surface area contributed by atoms with Crippen LogP contribution in [-0.4, -0.2) is 77.6 Å². The molecule has 3 unspecified atom stereocenters. The SMILES string of the molecule is NC(=O)CCC(NC(=O)C(CCCN=C(N)N)NC(=O)C(N)CS)C(=O)NCC(=O)O. The number of carbonyl (C=O) groups excluding carboxylic acids is 4. The highest BCUT2D eigenvalue weighted by molar-refractivity contribution is 7.80. The molecule has 0 radical (unpaired) electrons. The van der Waals surface area contributed by atoms with E-state index in [9.17, 15) is 24.0 Å². The van der Waals surface area contributed by atoms with Gasteiger partial charge in [0, 0.05) is 18.7 Å². The molecule has 31 heavy (non-hydrogen) atoms. The topological polar surface area (TPSA) is 258 Å². The minimum Gasteiger partial charge on any atom is -0.480 e. The number of aliphatic imine (C=N–C) groups is 1. The highest BCUT2D eigenvalue weighted by atomic mass is 32.1. The molecule has 0 spiro atoms. The van der Waals surface area contributed by atoms with Crippen LogP contribution < -0.4 is 38.9 Å². The number of hydrogen-bond donors (Lipinski definition) is 9. The highest BCUT2D eigenvalue weighted by Crippen LogP contribution is 2.04. The molecule has 0 aromatic rings. The van der Waals surface area contributed by atoms with Gasteiger partial charge < -0.3 is 44.0 Å². The summed E-state index contributed by atoms with van der Waals surface area (Å²) in [7, 11) is 0. The van der Waals surface area contributed by atoms with Gasteiger partial charge in [0.2, 0.25) is 23.6 Å². The number of carboxylic acids is 1. The van der Waals surface area contributed by atoms with Gasteiger partial charge in [-0.2, -0.15) is 12.6 Å². The fourth-order valence-electron chi connectivity index (χ4n) is 2.25. The van der Waals surface area contributed by atoms with Crippen LogP contribution in [0.3, 0.4) is 0 Å². The first-order valence-corrected chi connectivity index (χ1v) is 9.91. The van der Waals surface area contributed by atoms with E-state index >= 15 is 0 Å². The van der Waals surface area contributed by atoms with Crippen LogP contribution in [0.1, 0.15) is 25.7 Å². The zero-order valence-corrected chi connectivity index (χ0v) is 17.8. The Balaban J connectivity index is 5.32. The van der Waals surface area contributed by atoms with Crippen molar-refractivity contribution in [3.05, 3.63) is 0 Å². The summed E-state index contributed by atoms with van der Waals surface area (Å²) in [5.41, 5.74) is 21.2. The molecule has 0 heterocycles. The summed E-state index contributed by atoms with van der Waals surface area (Å²) in [6.45, 7) is -0.498. The van der Waals surface area contributed by atoms with Crippen molar-refractivity contribution in [2.45, 2.75) is 43.8 Å². The first-order chi connectivity index (χ1) is 14.5. The van der Waals surface area contributed by atoms with Gasteiger partial charge in [0.1, 0.15) is 18.6 Å². The van der Waals surface area contributed by atoms with Crippen molar-refractivity contribution in [1.29, 1.82) is 0 Å². The number of nitrogens with one attached hydrogen (secondary N) is 3. The molecular formula is C16H30N8O6S. The molecule has 0 fully saturated rings. The van der Waals surface area contributed by atoms with Gasteiger partial charge in [-0.3, -0.25) is 29.0 Å². The highest BCUT2D eigenvalue weighted by Gasteiger charge is 2.28. The van der Waals surface area contributed by atoms with Crippen molar-refractivity contribution in [3.63, 3.8) is 0 Å². The molecule has 0 aromatic heterocycles. The summed E-state index contributed by atoms with van der Waals surface area (Å²) in [4.78, 5) is 62.6. The van der Waals surface area contributed by atoms with Crippen molar-refractivity contribution >= 4 is 48.2 Å². The first-order valence-electron chi connectivity index (χ1n) is 9.28. The molecule has 0 aromatic carbocycles. The van der Waals surface area contributed by atoms with Gasteiger partial charge in [0.15, 0.2) is 5.96 Å². The number of rotatable bonds is 15. The van der Waals surface area contributed by atoms with Crippen molar-refractivity contribution in [2.75, 3.05) is 18.8 Å². The normalized spacial score (nSPS) is 13.2.